The molecule has 0 aromatic heterocycles. The van der Waals surface area contributed by atoms with Crippen LogP contribution in [0, 0.1) is 45.3 Å². The summed E-state index contributed by atoms with van der Waals surface area (Å²) < 4.78 is 0. The Bertz CT molecular complexity index is 405. The summed E-state index contributed by atoms with van der Waals surface area (Å²) in [7, 11) is 0. The number of nitrogens with zero attached hydrogens (tertiary/aromatic N) is 2. The van der Waals surface area contributed by atoms with Gasteiger partial charge in [0.25, 0.3) is 0 Å². The second-order valence-corrected chi connectivity index (χ2v) is 5.50. The number of fused-ring (bicyclic) bond motifs is 1. The van der Waals surface area contributed by atoms with Crippen LogP contribution in [0.2, 0.25) is 0 Å². The van der Waals surface area contributed by atoms with Gasteiger partial charge in [-0.1, -0.05) is 26.8 Å². The molecule has 0 saturated heterocycles. The van der Waals surface area contributed by atoms with Crippen molar-refractivity contribution >= 4 is 0 Å². The number of allylic oxidation sites excluding steroid dienone is 2. The molecule has 0 bridgehead atoms. The van der Waals surface area contributed by atoms with E-state index in [1.165, 1.54) is 0 Å². The van der Waals surface area contributed by atoms with Crippen molar-refractivity contribution in [2.75, 3.05) is 0 Å². The van der Waals surface area contributed by atoms with Gasteiger partial charge in [-0.2, -0.15) is 10.5 Å². The van der Waals surface area contributed by atoms with E-state index in [2.05, 4.69) is 32.9 Å². The van der Waals surface area contributed by atoms with E-state index in [1.54, 1.807) is 0 Å². The van der Waals surface area contributed by atoms with Gasteiger partial charge in [0, 0.05) is 5.57 Å². The maximum atomic E-state index is 9.37. The molecule has 2 nitrogen and oxygen atoms in total. The Labute approximate surface area is 91.2 Å². The Kier molecular flexibility index (Phi) is 1.95. The molecule has 0 amide bonds. The van der Waals surface area contributed by atoms with Crippen LogP contribution >= 0.6 is 0 Å². The summed E-state index contributed by atoms with van der Waals surface area (Å²) in [5.41, 5.74) is 0.876. The molecule has 78 valence electrons. The number of rotatable bonds is 0. The molecule has 0 aliphatic heterocycles. The minimum atomic E-state index is -0.191. The third-order valence-corrected chi connectivity index (χ3v) is 4.87. The third kappa shape index (κ3) is 1.03. The minimum absolute atomic E-state index is 0.191. The van der Waals surface area contributed by atoms with Gasteiger partial charge in [0.15, 0.2) is 0 Å². The van der Waals surface area contributed by atoms with Gasteiger partial charge in [-0.3, -0.25) is 0 Å². The molecule has 0 N–H and O–H groups in total. The standard InChI is InChI=1S/C13H16N2/c1-9-12(2,3)11-6-10(7-14)4-5-13(9,11)8-15/h4,9,11H,5-6H2,1-3H3. The monoisotopic (exact) mass is 200 g/mol. The van der Waals surface area contributed by atoms with Gasteiger partial charge in [-0.15, -0.1) is 0 Å². The highest BCUT2D eigenvalue weighted by molar-refractivity contribution is 5.34. The summed E-state index contributed by atoms with van der Waals surface area (Å²) >= 11 is 0. The van der Waals surface area contributed by atoms with Crippen molar-refractivity contribution in [1.29, 1.82) is 10.5 Å². The molecule has 0 spiro atoms. The van der Waals surface area contributed by atoms with Crippen molar-refractivity contribution in [3.05, 3.63) is 11.6 Å². The minimum Gasteiger partial charge on any atom is -0.198 e. The molecular formula is C13H16N2. The molecule has 15 heavy (non-hydrogen) atoms. The molecule has 3 atom stereocenters. The van der Waals surface area contributed by atoms with Crippen LogP contribution in [0.1, 0.15) is 33.6 Å². The lowest BCUT2D eigenvalue weighted by atomic mass is 9.38. The van der Waals surface area contributed by atoms with Crippen molar-refractivity contribution in [1.82, 2.24) is 0 Å². The molecule has 2 aliphatic rings. The van der Waals surface area contributed by atoms with Crippen LogP contribution < -0.4 is 0 Å². The van der Waals surface area contributed by atoms with Gasteiger partial charge in [0.2, 0.25) is 0 Å². The zero-order valence-corrected chi connectivity index (χ0v) is 9.54. The topological polar surface area (TPSA) is 47.6 Å². The summed E-state index contributed by atoms with van der Waals surface area (Å²) in [5.74, 6) is 0.793. The van der Waals surface area contributed by atoms with Crippen LogP contribution in [0.25, 0.3) is 0 Å². The molecule has 0 aromatic rings. The molecule has 2 heteroatoms. The Hall–Kier alpha value is -1.28. The number of hydrogen-bond donors (Lipinski definition) is 0. The second-order valence-electron chi connectivity index (χ2n) is 5.50. The highest BCUT2D eigenvalue weighted by Crippen LogP contribution is 2.68. The van der Waals surface area contributed by atoms with E-state index in [9.17, 15) is 5.26 Å². The summed E-state index contributed by atoms with van der Waals surface area (Å²) in [6.07, 6.45) is 3.52. The highest BCUT2D eigenvalue weighted by atomic mass is 14.7. The molecule has 2 aliphatic carbocycles. The number of nitriles is 2. The van der Waals surface area contributed by atoms with Crippen molar-refractivity contribution in [3.8, 4) is 12.1 Å². The van der Waals surface area contributed by atoms with E-state index in [-0.39, 0.29) is 10.8 Å². The van der Waals surface area contributed by atoms with Crippen molar-refractivity contribution in [2.24, 2.45) is 22.7 Å². The van der Waals surface area contributed by atoms with Gasteiger partial charge in [0.05, 0.1) is 17.6 Å². The second kappa shape index (κ2) is 2.86. The van der Waals surface area contributed by atoms with Crippen molar-refractivity contribution in [2.45, 2.75) is 33.6 Å². The fourth-order valence-corrected chi connectivity index (χ4v) is 3.51. The van der Waals surface area contributed by atoms with Crippen LogP contribution in [0.5, 0.6) is 0 Å². The lowest BCUT2D eigenvalue weighted by molar-refractivity contribution is -0.139. The van der Waals surface area contributed by atoms with Gasteiger partial charge in [-0.25, -0.2) is 0 Å². The van der Waals surface area contributed by atoms with Gasteiger partial charge in [0.1, 0.15) is 0 Å². The van der Waals surface area contributed by atoms with Gasteiger partial charge >= 0.3 is 0 Å². The summed E-state index contributed by atoms with van der Waals surface area (Å²) in [6, 6.07) is 4.75. The molecular weight excluding hydrogens is 184 g/mol. The van der Waals surface area contributed by atoms with E-state index in [0.29, 0.717) is 11.8 Å². The number of hydrogen-bond acceptors (Lipinski definition) is 2. The van der Waals surface area contributed by atoms with Crippen LogP contribution in [0.3, 0.4) is 0 Å². The lowest BCUT2D eigenvalue weighted by Gasteiger charge is -2.64. The van der Waals surface area contributed by atoms with E-state index >= 15 is 0 Å². The van der Waals surface area contributed by atoms with E-state index in [0.717, 1.165) is 18.4 Å². The van der Waals surface area contributed by atoms with E-state index < -0.39 is 0 Å². The Morgan fingerprint density at radius 2 is 2.07 bits per heavy atom. The Balaban J connectivity index is 2.39. The SMILES string of the molecule is CC1C(C)(C)C2CC(C#N)=CCC12C#N. The molecule has 0 heterocycles. The quantitative estimate of drug-likeness (QED) is 0.603. The molecule has 1 fully saturated rings. The smallest absolute Gasteiger partial charge is 0.0943 e. The van der Waals surface area contributed by atoms with Gasteiger partial charge < -0.3 is 0 Å². The largest absolute Gasteiger partial charge is 0.198 e. The van der Waals surface area contributed by atoms with E-state index in [1.807, 2.05) is 6.08 Å². The Morgan fingerprint density at radius 3 is 2.60 bits per heavy atom. The van der Waals surface area contributed by atoms with Crippen LogP contribution in [0.15, 0.2) is 11.6 Å². The highest BCUT2D eigenvalue weighted by Gasteiger charge is 2.65. The average Bonchev–Trinajstić information content (AvgIpc) is 2.27. The normalized spacial score (nSPS) is 41.5. The fraction of sp³-hybridized carbons (Fsp3) is 0.692. The van der Waals surface area contributed by atoms with E-state index in [4.69, 9.17) is 5.26 Å². The summed E-state index contributed by atoms with van der Waals surface area (Å²) in [6.45, 7) is 6.61. The molecule has 2 rings (SSSR count). The van der Waals surface area contributed by atoms with Crippen LogP contribution in [-0.4, -0.2) is 0 Å². The first-order chi connectivity index (χ1) is 6.99. The van der Waals surface area contributed by atoms with Crippen molar-refractivity contribution < 1.29 is 0 Å². The van der Waals surface area contributed by atoms with Crippen molar-refractivity contribution in [3.63, 3.8) is 0 Å². The third-order valence-electron chi connectivity index (χ3n) is 4.87. The maximum absolute atomic E-state index is 9.37. The predicted octanol–water partition coefficient (Wildman–Crippen LogP) is 3.03. The first-order valence-electron chi connectivity index (χ1n) is 5.49. The Morgan fingerprint density at radius 1 is 1.40 bits per heavy atom. The summed E-state index contributed by atoms with van der Waals surface area (Å²) in [4.78, 5) is 0. The molecule has 1 saturated carbocycles. The fourth-order valence-electron chi connectivity index (χ4n) is 3.51. The predicted molar refractivity (Wildman–Crippen MR) is 57.4 cm³/mol. The maximum Gasteiger partial charge on any atom is 0.0943 e. The zero-order valence-electron chi connectivity index (χ0n) is 9.54. The first-order valence-corrected chi connectivity index (χ1v) is 5.49. The molecule has 0 aromatic carbocycles. The van der Waals surface area contributed by atoms with Crippen LogP contribution in [-0.2, 0) is 0 Å². The first kappa shape index (κ1) is 10.2. The zero-order chi connectivity index (χ0) is 11.3. The average molecular weight is 200 g/mol. The van der Waals surface area contributed by atoms with Gasteiger partial charge in [-0.05, 0) is 30.1 Å². The van der Waals surface area contributed by atoms with Crippen LogP contribution in [0.4, 0.5) is 0 Å². The lowest BCUT2D eigenvalue weighted by Crippen LogP contribution is -2.61. The molecule has 3 unspecified atom stereocenters. The summed E-state index contributed by atoms with van der Waals surface area (Å²) in [5, 5.41) is 18.3. The molecule has 0 radical (unpaired) electrons.